The lowest BCUT2D eigenvalue weighted by Crippen LogP contribution is -2.27. The zero-order valence-electron chi connectivity index (χ0n) is 15.3. The molecule has 0 radical (unpaired) electrons. The van der Waals surface area contributed by atoms with Gasteiger partial charge in [0.05, 0.1) is 24.7 Å². The molecular formula is C18H20F3NO4S. The number of rotatable bonds is 6. The Morgan fingerprint density at radius 2 is 1.63 bits per heavy atom. The van der Waals surface area contributed by atoms with Gasteiger partial charge in [0, 0.05) is 13.6 Å². The number of halogens is 3. The number of methoxy groups -OCH3 is 2. The van der Waals surface area contributed by atoms with Gasteiger partial charge < -0.3 is 9.47 Å². The van der Waals surface area contributed by atoms with Crippen molar-refractivity contribution in [3.8, 4) is 11.5 Å². The summed E-state index contributed by atoms with van der Waals surface area (Å²) in [5.41, 5.74) is 0.392. The fraction of sp³-hybridized carbons (Fsp3) is 0.333. The van der Waals surface area contributed by atoms with Gasteiger partial charge >= 0.3 is 6.18 Å². The highest BCUT2D eigenvalue weighted by Gasteiger charge is 2.32. The van der Waals surface area contributed by atoms with Crippen LogP contribution in [0.4, 0.5) is 13.2 Å². The normalized spacial score (nSPS) is 12.3. The molecule has 0 amide bonds. The molecule has 148 valence electrons. The zero-order valence-corrected chi connectivity index (χ0v) is 16.1. The van der Waals surface area contributed by atoms with E-state index < -0.39 is 26.7 Å². The minimum atomic E-state index is -4.62. The van der Waals surface area contributed by atoms with E-state index in [4.69, 9.17) is 9.47 Å². The lowest BCUT2D eigenvalue weighted by atomic mass is 10.1. The number of nitrogens with zero attached hydrogens (tertiary/aromatic N) is 1. The van der Waals surface area contributed by atoms with Gasteiger partial charge in [-0.15, -0.1) is 0 Å². The van der Waals surface area contributed by atoms with Crippen molar-refractivity contribution in [3.05, 3.63) is 53.1 Å². The van der Waals surface area contributed by atoms with Crippen molar-refractivity contribution in [1.29, 1.82) is 0 Å². The average Bonchev–Trinajstić information content (AvgIpc) is 2.62. The Hall–Kier alpha value is -2.26. The Morgan fingerprint density at radius 3 is 2.19 bits per heavy atom. The first kappa shape index (κ1) is 21.0. The van der Waals surface area contributed by atoms with E-state index in [9.17, 15) is 21.6 Å². The average molecular weight is 403 g/mol. The van der Waals surface area contributed by atoms with Crippen molar-refractivity contribution in [3.63, 3.8) is 0 Å². The Labute approximate surface area is 156 Å². The number of alkyl halides is 3. The van der Waals surface area contributed by atoms with E-state index in [0.717, 1.165) is 28.1 Å². The molecule has 2 aromatic carbocycles. The standard InChI is InChI=1S/C18H20F3NO4S/c1-12-8-16(25-3)17(26-4)9-13(12)11-22(2)27(23,24)15-7-5-6-14(10-15)18(19,20)21/h5-10H,11H2,1-4H3. The van der Waals surface area contributed by atoms with E-state index in [1.807, 2.05) is 0 Å². The number of sulfonamides is 1. The molecule has 9 heteroatoms. The highest BCUT2D eigenvalue weighted by molar-refractivity contribution is 7.89. The molecule has 0 aliphatic heterocycles. The molecule has 2 rings (SSSR count). The summed E-state index contributed by atoms with van der Waals surface area (Å²) in [5.74, 6) is 0.935. The quantitative estimate of drug-likeness (QED) is 0.735. The second-order valence-electron chi connectivity index (χ2n) is 5.92. The SMILES string of the molecule is COc1cc(C)c(CN(C)S(=O)(=O)c2cccc(C(F)(F)F)c2)cc1OC. The van der Waals surface area contributed by atoms with E-state index in [0.29, 0.717) is 23.1 Å². The molecule has 0 bridgehead atoms. The van der Waals surface area contributed by atoms with Gasteiger partial charge in [0.15, 0.2) is 11.5 Å². The Balaban J connectivity index is 2.36. The highest BCUT2D eigenvalue weighted by Crippen LogP contribution is 2.33. The van der Waals surface area contributed by atoms with Gasteiger partial charge in [-0.1, -0.05) is 6.07 Å². The van der Waals surface area contributed by atoms with E-state index in [1.165, 1.54) is 21.3 Å². The van der Waals surface area contributed by atoms with Gasteiger partial charge in [-0.25, -0.2) is 8.42 Å². The van der Waals surface area contributed by atoms with Crippen LogP contribution in [0.5, 0.6) is 11.5 Å². The van der Waals surface area contributed by atoms with Gasteiger partial charge in [-0.2, -0.15) is 17.5 Å². The van der Waals surface area contributed by atoms with Crippen LogP contribution in [0, 0.1) is 6.92 Å². The predicted octanol–water partition coefficient (Wildman–Crippen LogP) is 3.85. The summed E-state index contributed by atoms with van der Waals surface area (Å²) in [4.78, 5) is -0.419. The molecule has 0 atom stereocenters. The summed E-state index contributed by atoms with van der Waals surface area (Å²) >= 11 is 0. The fourth-order valence-electron chi connectivity index (χ4n) is 2.53. The van der Waals surface area contributed by atoms with Crippen molar-refractivity contribution < 1.29 is 31.1 Å². The molecule has 5 nitrogen and oxygen atoms in total. The number of aryl methyl sites for hydroxylation is 1. The van der Waals surface area contributed by atoms with Crippen LogP contribution in [0.2, 0.25) is 0 Å². The van der Waals surface area contributed by atoms with Crippen LogP contribution in [-0.2, 0) is 22.7 Å². The van der Waals surface area contributed by atoms with Crippen LogP contribution >= 0.6 is 0 Å². The van der Waals surface area contributed by atoms with Crippen molar-refractivity contribution in [2.75, 3.05) is 21.3 Å². The van der Waals surface area contributed by atoms with Gasteiger partial charge in [0.25, 0.3) is 0 Å². The topological polar surface area (TPSA) is 55.8 Å². The molecule has 0 saturated carbocycles. The molecule has 0 unspecified atom stereocenters. The highest BCUT2D eigenvalue weighted by atomic mass is 32.2. The third-order valence-electron chi connectivity index (χ3n) is 4.10. The Morgan fingerprint density at radius 1 is 1.04 bits per heavy atom. The lowest BCUT2D eigenvalue weighted by Gasteiger charge is -2.20. The first-order valence-electron chi connectivity index (χ1n) is 7.85. The Kier molecular flexibility index (Phi) is 6.06. The summed E-state index contributed by atoms with van der Waals surface area (Å²) in [6.45, 7) is 1.74. The number of hydrogen-bond acceptors (Lipinski definition) is 4. The second-order valence-corrected chi connectivity index (χ2v) is 7.97. The maximum atomic E-state index is 12.9. The van der Waals surface area contributed by atoms with Crippen LogP contribution in [0.3, 0.4) is 0 Å². The summed E-state index contributed by atoms with van der Waals surface area (Å²) in [5, 5.41) is 0. The smallest absolute Gasteiger partial charge is 0.416 e. The molecular weight excluding hydrogens is 383 g/mol. The van der Waals surface area contributed by atoms with E-state index in [-0.39, 0.29) is 6.54 Å². The number of benzene rings is 2. The molecule has 0 fully saturated rings. The maximum absolute atomic E-state index is 12.9. The van der Waals surface area contributed by atoms with Gasteiger partial charge in [-0.05, 0) is 48.4 Å². The second kappa shape index (κ2) is 7.77. The van der Waals surface area contributed by atoms with Crippen LogP contribution in [0.1, 0.15) is 16.7 Å². The van der Waals surface area contributed by atoms with Crippen molar-refractivity contribution >= 4 is 10.0 Å². The van der Waals surface area contributed by atoms with E-state index >= 15 is 0 Å². The molecule has 2 aromatic rings. The van der Waals surface area contributed by atoms with E-state index in [1.54, 1.807) is 19.1 Å². The largest absolute Gasteiger partial charge is 0.493 e. The molecule has 27 heavy (non-hydrogen) atoms. The van der Waals surface area contributed by atoms with Gasteiger partial charge in [0.2, 0.25) is 10.0 Å². The third kappa shape index (κ3) is 4.54. The van der Waals surface area contributed by atoms with Crippen LogP contribution in [0.25, 0.3) is 0 Å². The fourth-order valence-corrected chi connectivity index (χ4v) is 3.73. The van der Waals surface area contributed by atoms with Crippen molar-refractivity contribution in [1.82, 2.24) is 4.31 Å². The molecule has 0 saturated heterocycles. The molecule has 0 spiro atoms. The van der Waals surface area contributed by atoms with Crippen molar-refractivity contribution in [2.24, 2.45) is 0 Å². The molecule has 0 aromatic heterocycles. The minimum absolute atomic E-state index is 0.0369. The van der Waals surface area contributed by atoms with Crippen LogP contribution < -0.4 is 9.47 Å². The molecule has 0 heterocycles. The Bertz CT molecular complexity index is 927. The van der Waals surface area contributed by atoms with Gasteiger partial charge in [0.1, 0.15) is 0 Å². The maximum Gasteiger partial charge on any atom is 0.416 e. The van der Waals surface area contributed by atoms with Crippen molar-refractivity contribution in [2.45, 2.75) is 24.5 Å². The minimum Gasteiger partial charge on any atom is -0.493 e. The third-order valence-corrected chi connectivity index (χ3v) is 5.90. The lowest BCUT2D eigenvalue weighted by molar-refractivity contribution is -0.137. The molecule has 0 N–H and O–H groups in total. The predicted molar refractivity (Wildman–Crippen MR) is 94.4 cm³/mol. The summed E-state index contributed by atoms with van der Waals surface area (Å²) in [6, 6.07) is 7.03. The summed E-state index contributed by atoms with van der Waals surface area (Å²) in [7, 11) is 0.146. The molecule has 0 aliphatic carbocycles. The van der Waals surface area contributed by atoms with Gasteiger partial charge in [-0.3, -0.25) is 0 Å². The zero-order chi connectivity index (χ0) is 20.4. The van der Waals surface area contributed by atoms with Crippen LogP contribution in [-0.4, -0.2) is 34.0 Å². The number of ether oxygens (including phenoxy) is 2. The first-order chi connectivity index (χ1) is 12.5. The number of hydrogen-bond donors (Lipinski definition) is 0. The molecule has 0 aliphatic rings. The summed E-state index contributed by atoms with van der Waals surface area (Å²) < 4.78 is 75.5. The van der Waals surface area contributed by atoms with Crippen LogP contribution in [0.15, 0.2) is 41.3 Å². The summed E-state index contributed by atoms with van der Waals surface area (Å²) in [6.07, 6.45) is -4.62. The monoisotopic (exact) mass is 403 g/mol. The van der Waals surface area contributed by atoms with E-state index in [2.05, 4.69) is 0 Å². The first-order valence-corrected chi connectivity index (χ1v) is 9.29.